The van der Waals surface area contributed by atoms with Gasteiger partial charge in [0.1, 0.15) is 4.90 Å². The predicted octanol–water partition coefficient (Wildman–Crippen LogP) is 2.27. The first-order chi connectivity index (χ1) is 9.86. The van der Waals surface area contributed by atoms with E-state index in [0.29, 0.717) is 11.3 Å². The van der Waals surface area contributed by atoms with E-state index >= 15 is 0 Å². The van der Waals surface area contributed by atoms with Gasteiger partial charge in [-0.25, -0.2) is 8.42 Å². The van der Waals surface area contributed by atoms with Gasteiger partial charge in [0.2, 0.25) is 0 Å². The number of nitriles is 1. The molecule has 2 rings (SSSR count). The Labute approximate surface area is 124 Å². The van der Waals surface area contributed by atoms with E-state index in [4.69, 9.17) is 11.0 Å². The van der Waals surface area contributed by atoms with Crippen molar-refractivity contribution < 1.29 is 8.42 Å². The van der Waals surface area contributed by atoms with Gasteiger partial charge in [-0.15, -0.1) is 0 Å². The Morgan fingerprint density at radius 2 is 1.90 bits per heavy atom. The molecule has 0 aliphatic rings. The molecule has 2 N–H and O–H groups in total. The Hall–Kier alpha value is -2.52. The summed E-state index contributed by atoms with van der Waals surface area (Å²) in [5, 5.41) is 8.90. The monoisotopic (exact) mass is 301 g/mol. The van der Waals surface area contributed by atoms with Gasteiger partial charge in [0, 0.05) is 7.05 Å². The number of hydrogen-bond donors (Lipinski definition) is 1. The lowest BCUT2D eigenvalue weighted by Crippen LogP contribution is -2.27. The largest absolute Gasteiger partial charge is 0.398 e. The fraction of sp³-hybridized carbons (Fsp3) is 0.133. The number of nitrogens with two attached hydrogens (primary N) is 1. The molecule has 2 aromatic rings. The summed E-state index contributed by atoms with van der Waals surface area (Å²) in [6.07, 6.45) is 0. The average Bonchev–Trinajstić information content (AvgIpc) is 2.46. The number of benzene rings is 2. The number of nitrogens with zero attached hydrogens (tertiary/aromatic N) is 2. The first kappa shape index (κ1) is 14.9. The van der Waals surface area contributed by atoms with Gasteiger partial charge in [0.25, 0.3) is 10.0 Å². The molecule has 0 aromatic heterocycles. The molecule has 0 aliphatic heterocycles. The minimum Gasteiger partial charge on any atom is -0.398 e. The van der Waals surface area contributed by atoms with Crippen molar-refractivity contribution in [2.24, 2.45) is 0 Å². The van der Waals surface area contributed by atoms with Gasteiger partial charge in [-0.05, 0) is 42.8 Å². The van der Waals surface area contributed by atoms with Gasteiger partial charge >= 0.3 is 0 Å². The highest BCUT2D eigenvalue weighted by Gasteiger charge is 2.23. The Morgan fingerprint density at radius 3 is 2.52 bits per heavy atom. The second-order valence-corrected chi connectivity index (χ2v) is 6.61. The summed E-state index contributed by atoms with van der Waals surface area (Å²) < 4.78 is 26.4. The van der Waals surface area contributed by atoms with Gasteiger partial charge in [0.05, 0.1) is 23.0 Å². The lowest BCUT2D eigenvalue weighted by atomic mass is 10.2. The van der Waals surface area contributed by atoms with Gasteiger partial charge in [-0.3, -0.25) is 4.31 Å². The van der Waals surface area contributed by atoms with Gasteiger partial charge in [-0.2, -0.15) is 5.26 Å². The fourth-order valence-electron chi connectivity index (χ4n) is 1.96. The van der Waals surface area contributed by atoms with Crippen LogP contribution in [-0.4, -0.2) is 15.5 Å². The van der Waals surface area contributed by atoms with Crippen LogP contribution in [0, 0.1) is 18.3 Å². The highest BCUT2D eigenvalue weighted by Crippen LogP contribution is 2.26. The third kappa shape index (κ3) is 2.83. The molecule has 108 valence electrons. The molecule has 0 atom stereocenters. The molecule has 0 amide bonds. The third-order valence-electron chi connectivity index (χ3n) is 3.14. The van der Waals surface area contributed by atoms with E-state index in [2.05, 4.69) is 0 Å². The van der Waals surface area contributed by atoms with Crippen molar-refractivity contribution in [1.29, 1.82) is 5.26 Å². The summed E-state index contributed by atoms with van der Waals surface area (Å²) in [7, 11) is -2.33. The molecule has 21 heavy (non-hydrogen) atoms. The molecule has 0 aliphatic carbocycles. The van der Waals surface area contributed by atoms with Crippen molar-refractivity contribution in [2.75, 3.05) is 17.1 Å². The summed E-state index contributed by atoms with van der Waals surface area (Å²) in [6, 6.07) is 13.2. The number of anilines is 2. The quantitative estimate of drug-likeness (QED) is 0.881. The first-order valence-electron chi connectivity index (χ1n) is 6.21. The van der Waals surface area contributed by atoms with Crippen molar-refractivity contribution >= 4 is 21.4 Å². The molecule has 6 heteroatoms. The smallest absolute Gasteiger partial charge is 0.266 e. The predicted molar refractivity (Wildman–Crippen MR) is 82.3 cm³/mol. The van der Waals surface area contributed by atoms with Crippen molar-refractivity contribution in [3.63, 3.8) is 0 Å². The van der Waals surface area contributed by atoms with Crippen LogP contribution in [0.4, 0.5) is 11.4 Å². The molecule has 0 saturated heterocycles. The highest BCUT2D eigenvalue weighted by molar-refractivity contribution is 7.93. The topological polar surface area (TPSA) is 87.2 Å². The summed E-state index contributed by atoms with van der Waals surface area (Å²) in [5.74, 6) is 0. The van der Waals surface area contributed by atoms with Crippen LogP contribution >= 0.6 is 0 Å². The molecule has 0 unspecified atom stereocenters. The number of nitrogen functional groups attached to an aromatic ring is 1. The van der Waals surface area contributed by atoms with Crippen molar-refractivity contribution in [1.82, 2.24) is 0 Å². The maximum Gasteiger partial charge on any atom is 0.266 e. The van der Waals surface area contributed by atoms with E-state index in [1.165, 1.54) is 19.2 Å². The van der Waals surface area contributed by atoms with Crippen LogP contribution in [-0.2, 0) is 10.0 Å². The Morgan fingerprint density at radius 1 is 1.19 bits per heavy atom. The lowest BCUT2D eigenvalue weighted by molar-refractivity contribution is 0.595. The number of sulfonamides is 1. The zero-order valence-electron chi connectivity index (χ0n) is 11.7. The lowest BCUT2D eigenvalue weighted by Gasteiger charge is -2.20. The second kappa shape index (κ2) is 5.46. The Balaban J connectivity index is 2.50. The van der Waals surface area contributed by atoms with E-state index in [9.17, 15) is 8.42 Å². The van der Waals surface area contributed by atoms with E-state index in [0.717, 1.165) is 9.87 Å². The van der Waals surface area contributed by atoms with Crippen molar-refractivity contribution in [3.8, 4) is 6.07 Å². The molecular weight excluding hydrogens is 286 g/mol. The SMILES string of the molecule is Cc1ccc(S(=O)(=O)N(C)c2cccc(C#N)c2)c(N)c1. The number of aryl methyl sites for hydroxylation is 1. The number of hydrogen-bond acceptors (Lipinski definition) is 4. The third-order valence-corrected chi connectivity index (χ3v) is 5.00. The van der Waals surface area contributed by atoms with E-state index in [1.807, 2.05) is 13.0 Å². The summed E-state index contributed by atoms with van der Waals surface area (Å²) in [4.78, 5) is 0.0537. The molecule has 0 fully saturated rings. The van der Waals surface area contributed by atoms with E-state index in [-0.39, 0.29) is 10.6 Å². The van der Waals surface area contributed by atoms with Crippen molar-refractivity contribution in [3.05, 3.63) is 53.6 Å². The van der Waals surface area contributed by atoms with Crippen LogP contribution in [0.15, 0.2) is 47.4 Å². The van der Waals surface area contributed by atoms with Crippen LogP contribution < -0.4 is 10.0 Å². The second-order valence-electron chi connectivity index (χ2n) is 4.68. The summed E-state index contributed by atoms with van der Waals surface area (Å²) in [6.45, 7) is 1.84. The maximum atomic E-state index is 12.6. The van der Waals surface area contributed by atoms with Crippen LogP contribution in [0.1, 0.15) is 11.1 Å². The minimum atomic E-state index is -3.77. The molecular formula is C15H15N3O2S. The Bertz CT molecular complexity index is 823. The molecule has 2 aromatic carbocycles. The van der Waals surface area contributed by atoms with E-state index in [1.54, 1.807) is 30.3 Å². The van der Waals surface area contributed by atoms with Crippen LogP contribution in [0.3, 0.4) is 0 Å². The fourth-order valence-corrected chi connectivity index (χ4v) is 3.24. The van der Waals surface area contributed by atoms with Gasteiger partial charge in [0.15, 0.2) is 0 Å². The highest BCUT2D eigenvalue weighted by atomic mass is 32.2. The number of rotatable bonds is 3. The summed E-state index contributed by atoms with van der Waals surface area (Å²) in [5.41, 5.74) is 7.72. The van der Waals surface area contributed by atoms with Gasteiger partial charge in [-0.1, -0.05) is 12.1 Å². The maximum absolute atomic E-state index is 12.6. The standard InChI is InChI=1S/C15H15N3O2S/c1-11-6-7-15(14(17)8-11)21(19,20)18(2)13-5-3-4-12(9-13)10-16/h3-9H,17H2,1-2H3. The molecule has 0 spiro atoms. The molecule has 0 bridgehead atoms. The molecule has 0 radical (unpaired) electrons. The average molecular weight is 301 g/mol. The van der Waals surface area contributed by atoms with Crippen LogP contribution in [0.5, 0.6) is 0 Å². The zero-order valence-corrected chi connectivity index (χ0v) is 12.6. The zero-order chi connectivity index (χ0) is 15.6. The first-order valence-corrected chi connectivity index (χ1v) is 7.65. The van der Waals surface area contributed by atoms with Crippen LogP contribution in [0.25, 0.3) is 0 Å². The van der Waals surface area contributed by atoms with E-state index < -0.39 is 10.0 Å². The van der Waals surface area contributed by atoms with Crippen molar-refractivity contribution in [2.45, 2.75) is 11.8 Å². The normalized spacial score (nSPS) is 10.9. The minimum absolute atomic E-state index is 0.0537. The molecule has 0 heterocycles. The summed E-state index contributed by atoms with van der Waals surface area (Å²) >= 11 is 0. The van der Waals surface area contributed by atoms with Gasteiger partial charge < -0.3 is 5.73 Å². The molecule has 0 saturated carbocycles. The molecule has 5 nitrogen and oxygen atoms in total. The van der Waals surface area contributed by atoms with Crippen LogP contribution in [0.2, 0.25) is 0 Å². The Kier molecular flexibility index (Phi) is 3.87.